The van der Waals surface area contributed by atoms with Crippen molar-refractivity contribution in [2.45, 2.75) is 89.9 Å². The van der Waals surface area contributed by atoms with E-state index in [1.807, 2.05) is 19.2 Å². The normalized spacial score (nSPS) is 20.1. The number of hydrogen-bond donors (Lipinski definition) is 3. The van der Waals surface area contributed by atoms with Crippen LogP contribution in [0, 0.1) is 0 Å². The smallest absolute Gasteiger partial charge is 0.223 e. The quantitative estimate of drug-likeness (QED) is 0.630. The van der Waals surface area contributed by atoms with Crippen LogP contribution < -0.4 is 10.6 Å². The van der Waals surface area contributed by atoms with Crippen LogP contribution >= 0.6 is 11.3 Å². The Bertz CT molecular complexity index is 770. The Kier molecular flexibility index (Phi) is 6.42. The molecule has 154 valence electrons. The molecular formula is C22H34N4OS. The van der Waals surface area contributed by atoms with Gasteiger partial charge in [-0.05, 0) is 78.0 Å². The molecule has 1 saturated heterocycles. The average Bonchev–Trinajstić information content (AvgIpc) is 3.06. The first-order valence-electron chi connectivity index (χ1n) is 10.3. The van der Waals surface area contributed by atoms with Crippen molar-refractivity contribution < 1.29 is 5.11 Å². The Morgan fingerprint density at radius 3 is 2.61 bits per heavy atom. The molecule has 1 atom stereocenters. The highest BCUT2D eigenvalue weighted by Crippen LogP contribution is 2.31. The molecule has 0 saturated carbocycles. The van der Waals surface area contributed by atoms with E-state index >= 15 is 0 Å². The lowest BCUT2D eigenvalue weighted by molar-refractivity contribution is 0.161. The van der Waals surface area contributed by atoms with Gasteiger partial charge in [-0.25, -0.2) is 9.97 Å². The first-order valence-corrected chi connectivity index (χ1v) is 11.1. The number of hydrogen-bond acceptors (Lipinski definition) is 6. The van der Waals surface area contributed by atoms with Crippen LogP contribution in [-0.4, -0.2) is 38.3 Å². The number of aliphatic hydroxyl groups excluding tert-OH is 1. The molecule has 28 heavy (non-hydrogen) atoms. The molecule has 6 heteroatoms. The average molecular weight is 403 g/mol. The number of anilines is 1. The van der Waals surface area contributed by atoms with Crippen molar-refractivity contribution in [3.63, 3.8) is 0 Å². The highest BCUT2D eigenvalue weighted by molar-refractivity contribution is 7.15. The molecule has 0 amide bonds. The van der Waals surface area contributed by atoms with Crippen LogP contribution in [0.5, 0.6) is 0 Å². The van der Waals surface area contributed by atoms with Gasteiger partial charge in [0.05, 0.1) is 16.7 Å². The second-order valence-corrected chi connectivity index (χ2v) is 10.4. The van der Waals surface area contributed by atoms with E-state index in [2.05, 4.69) is 55.4 Å². The summed E-state index contributed by atoms with van der Waals surface area (Å²) in [5.74, 6) is 0.701. The van der Waals surface area contributed by atoms with E-state index in [4.69, 9.17) is 4.98 Å². The number of aryl methyl sites for hydroxylation is 1. The van der Waals surface area contributed by atoms with Crippen molar-refractivity contribution in [3.05, 3.63) is 29.3 Å². The molecule has 2 aromatic heterocycles. The molecule has 3 rings (SSSR count). The molecule has 1 unspecified atom stereocenters. The third-order valence-corrected chi connectivity index (χ3v) is 6.46. The topological polar surface area (TPSA) is 70.1 Å². The largest absolute Gasteiger partial charge is 0.393 e. The van der Waals surface area contributed by atoms with Crippen molar-refractivity contribution >= 4 is 17.3 Å². The van der Waals surface area contributed by atoms with E-state index in [0.717, 1.165) is 42.7 Å². The van der Waals surface area contributed by atoms with Gasteiger partial charge in [0.25, 0.3) is 0 Å². The minimum Gasteiger partial charge on any atom is -0.393 e. The highest BCUT2D eigenvalue weighted by Gasteiger charge is 2.37. The van der Waals surface area contributed by atoms with Gasteiger partial charge >= 0.3 is 0 Å². The van der Waals surface area contributed by atoms with Crippen LogP contribution in [0.15, 0.2) is 24.4 Å². The third-order valence-electron chi connectivity index (χ3n) is 5.29. The summed E-state index contributed by atoms with van der Waals surface area (Å²) in [4.78, 5) is 11.7. The lowest BCUT2D eigenvalue weighted by atomic mass is 9.80. The predicted molar refractivity (Wildman–Crippen MR) is 118 cm³/mol. The van der Waals surface area contributed by atoms with Gasteiger partial charge in [-0.2, -0.15) is 0 Å². The number of aliphatic hydroxyl groups is 1. The summed E-state index contributed by atoms with van der Waals surface area (Å²) < 4.78 is 0. The summed E-state index contributed by atoms with van der Waals surface area (Å²) in [6.07, 6.45) is 6.23. The Morgan fingerprint density at radius 1 is 1.21 bits per heavy atom. The van der Waals surface area contributed by atoms with Crippen LogP contribution in [0.1, 0.15) is 65.2 Å². The third kappa shape index (κ3) is 5.75. The van der Waals surface area contributed by atoms with E-state index in [9.17, 15) is 5.11 Å². The summed E-state index contributed by atoms with van der Waals surface area (Å²) in [5, 5.41) is 17.1. The zero-order valence-corrected chi connectivity index (χ0v) is 18.6. The monoisotopic (exact) mass is 402 g/mol. The number of piperidine rings is 1. The summed E-state index contributed by atoms with van der Waals surface area (Å²) in [7, 11) is 0. The summed E-state index contributed by atoms with van der Waals surface area (Å²) >= 11 is 1.75. The van der Waals surface area contributed by atoms with Crippen molar-refractivity contribution in [1.29, 1.82) is 0 Å². The van der Waals surface area contributed by atoms with Crippen molar-refractivity contribution in [2.75, 3.05) is 5.32 Å². The van der Waals surface area contributed by atoms with Crippen LogP contribution in [0.4, 0.5) is 5.95 Å². The maximum atomic E-state index is 9.78. The van der Waals surface area contributed by atoms with Gasteiger partial charge in [-0.1, -0.05) is 6.92 Å². The predicted octanol–water partition coefficient (Wildman–Crippen LogP) is 4.63. The summed E-state index contributed by atoms with van der Waals surface area (Å²) in [5.41, 5.74) is 1.13. The highest BCUT2D eigenvalue weighted by atomic mass is 32.1. The molecule has 1 aliphatic rings. The first kappa shape index (κ1) is 21.2. The molecule has 3 N–H and O–H groups in total. The molecule has 3 heterocycles. The van der Waals surface area contributed by atoms with Crippen molar-refractivity contribution in [3.8, 4) is 10.6 Å². The molecule has 2 aromatic rings. The molecule has 0 spiro atoms. The van der Waals surface area contributed by atoms with Gasteiger partial charge in [0.2, 0.25) is 5.95 Å². The number of thiophene rings is 1. The zero-order chi connectivity index (χ0) is 20.4. The standard InChI is InChI=1S/C22H34N4OS/c1-6-16(27)7-8-17-9-10-19(28-17)18-11-12-23-20(25-18)24-15-13-21(2,3)26-22(4,5)14-15/h9-12,15-16,26-27H,6-8,13-14H2,1-5H3,(H,23,24,25). The van der Waals surface area contributed by atoms with E-state index in [1.54, 1.807) is 11.3 Å². The molecule has 1 aliphatic heterocycles. The fourth-order valence-electron chi connectivity index (χ4n) is 4.34. The number of nitrogens with zero attached hydrogens (tertiary/aromatic N) is 2. The first-order chi connectivity index (χ1) is 13.2. The second kappa shape index (κ2) is 8.47. The van der Waals surface area contributed by atoms with Gasteiger partial charge in [-0.3, -0.25) is 0 Å². The van der Waals surface area contributed by atoms with E-state index in [0.29, 0.717) is 12.0 Å². The SMILES string of the molecule is CCC(O)CCc1ccc(-c2ccnc(NC3CC(C)(C)NC(C)(C)C3)n2)s1. The summed E-state index contributed by atoms with van der Waals surface area (Å²) in [6.45, 7) is 11.0. The van der Waals surface area contributed by atoms with Crippen LogP contribution in [0.2, 0.25) is 0 Å². The minimum absolute atomic E-state index is 0.0860. The Labute approximate surface area is 173 Å². The van der Waals surface area contributed by atoms with Gasteiger partial charge in [0.15, 0.2) is 0 Å². The van der Waals surface area contributed by atoms with E-state index in [1.165, 1.54) is 4.88 Å². The van der Waals surface area contributed by atoms with Crippen LogP contribution in [0.25, 0.3) is 10.6 Å². The lowest BCUT2D eigenvalue weighted by Gasteiger charge is -2.46. The van der Waals surface area contributed by atoms with Crippen molar-refractivity contribution in [1.82, 2.24) is 15.3 Å². The minimum atomic E-state index is -0.209. The molecule has 0 bridgehead atoms. The van der Waals surface area contributed by atoms with Crippen LogP contribution in [-0.2, 0) is 6.42 Å². The Balaban J connectivity index is 1.68. The molecular weight excluding hydrogens is 368 g/mol. The van der Waals surface area contributed by atoms with Gasteiger partial charge < -0.3 is 15.7 Å². The van der Waals surface area contributed by atoms with Crippen LogP contribution in [0.3, 0.4) is 0 Å². The lowest BCUT2D eigenvalue weighted by Crippen LogP contribution is -2.60. The fraction of sp³-hybridized carbons (Fsp3) is 0.636. The van der Waals surface area contributed by atoms with Gasteiger partial charge in [-0.15, -0.1) is 11.3 Å². The molecule has 0 aromatic carbocycles. The summed E-state index contributed by atoms with van der Waals surface area (Å²) in [6, 6.07) is 6.59. The maximum absolute atomic E-state index is 9.78. The molecule has 5 nitrogen and oxygen atoms in total. The van der Waals surface area contributed by atoms with Crippen molar-refractivity contribution in [2.24, 2.45) is 0 Å². The van der Waals surface area contributed by atoms with Gasteiger partial charge in [0, 0.05) is 28.2 Å². The maximum Gasteiger partial charge on any atom is 0.223 e. The second-order valence-electron chi connectivity index (χ2n) is 9.27. The van der Waals surface area contributed by atoms with E-state index in [-0.39, 0.29) is 17.2 Å². The number of nitrogens with one attached hydrogen (secondary N) is 2. The number of rotatable bonds is 7. The number of aromatic nitrogens is 2. The Hall–Kier alpha value is -1.50. The molecule has 0 radical (unpaired) electrons. The van der Waals surface area contributed by atoms with E-state index < -0.39 is 0 Å². The Morgan fingerprint density at radius 2 is 1.93 bits per heavy atom. The zero-order valence-electron chi connectivity index (χ0n) is 17.7. The van der Waals surface area contributed by atoms with Gasteiger partial charge in [0.1, 0.15) is 0 Å². The molecule has 1 fully saturated rings. The molecule has 0 aliphatic carbocycles. The fourth-order valence-corrected chi connectivity index (χ4v) is 5.33.